The zero-order chi connectivity index (χ0) is 22.3. The van der Waals surface area contributed by atoms with Gasteiger partial charge in [0, 0.05) is 28.6 Å². The second kappa shape index (κ2) is 10.2. The largest absolute Gasteiger partial charge is 1.00 e. The van der Waals surface area contributed by atoms with Crippen LogP contribution in [-0.2, 0) is 6.54 Å². The Hall–Kier alpha value is -1.55. The maximum absolute atomic E-state index is 15.1. The second-order valence-corrected chi connectivity index (χ2v) is 8.50. The van der Waals surface area contributed by atoms with Gasteiger partial charge in [-0.2, -0.15) is 5.10 Å². The summed E-state index contributed by atoms with van der Waals surface area (Å²) in [5.41, 5.74) is 0.0628. The van der Waals surface area contributed by atoms with E-state index in [9.17, 15) is 14.3 Å². The molecule has 2 aromatic heterocycles. The standard InChI is InChI=1S/C21H15Cl2F2N3O2S.Na/c1-2-8-27-10-11(9-26-27)28-18-13(6-7-14(22)17(18)25)19(20(28)23)31-15-5-3-4-12(16(15)24)21(29)30;/h3-7,9-10H,2,8H2,1H3,(H,29,30);/q;+1/p-1. The van der Waals surface area contributed by atoms with E-state index in [2.05, 4.69) is 5.10 Å². The first kappa shape index (κ1) is 25.1. The van der Waals surface area contributed by atoms with Crippen LogP contribution in [0.4, 0.5) is 8.78 Å². The molecule has 0 aliphatic heterocycles. The van der Waals surface area contributed by atoms with Crippen LogP contribution in [0.5, 0.6) is 0 Å². The Morgan fingerprint density at radius 1 is 1.19 bits per heavy atom. The fraction of sp³-hybridized carbons (Fsp3) is 0.143. The molecule has 0 aliphatic carbocycles. The van der Waals surface area contributed by atoms with Crippen molar-refractivity contribution < 1.29 is 48.2 Å². The summed E-state index contributed by atoms with van der Waals surface area (Å²) in [6, 6.07) is 6.90. The van der Waals surface area contributed by atoms with Gasteiger partial charge in [-0.1, -0.05) is 54.0 Å². The summed E-state index contributed by atoms with van der Waals surface area (Å²) in [7, 11) is 0. The molecule has 0 aliphatic rings. The summed E-state index contributed by atoms with van der Waals surface area (Å²) in [5.74, 6) is -3.26. The number of hydrogen-bond donors (Lipinski definition) is 0. The van der Waals surface area contributed by atoms with Gasteiger partial charge in [0.25, 0.3) is 0 Å². The van der Waals surface area contributed by atoms with Crippen LogP contribution in [0.15, 0.2) is 52.5 Å². The van der Waals surface area contributed by atoms with E-state index < -0.39 is 23.2 Å². The Morgan fingerprint density at radius 3 is 2.62 bits per heavy atom. The third-order valence-electron chi connectivity index (χ3n) is 4.65. The molecule has 0 radical (unpaired) electrons. The molecule has 4 rings (SSSR count). The van der Waals surface area contributed by atoms with Gasteiger partial charge in [-0.25, -0.2) is 8.78 Å². The molecule has 0 unspecified atom stereocenters. The zero-order valence-corrected chi connectivity index (χ0v) is 21.4. The van der Waals surface area contributed by atoms with Crippen molar-refractivity contribution in [2.24, 2.45) is 0 Å². The Bertz CT molecular complexity index is 1330. The fourth-order valence-electron chi connectivity index (χ4n) is 3.27. The van der Waals surface area contributed by atoms with E-state index in [0.717, 1.165) is 24.2 Å². The normalized spacial score (nSPS) is 11.0. The molecule has 32 heavy (non-hydrogen) atoms. The maximum Gasteiger partial charge on any atom is 1.00 e. The number of fused-ring (bicyclic) bond motifs is 1. The van der Waals surface area contributed by atoms with Crippen LogP contribution < -0.4 is 34.7 Å². The van der Waals surface area contributed by atoms with E-state index in [-0.39, 0.29) is 50.1 Å². The van der Waals surface area contributed by atoms with E-state index in [4.69, 9.17) is 23.2 Å². The Balaban J connectivity index is 0.00000289. The predicted molar refractivity (Wildman–Crippen MR) is 114 cm³/mol. The number of aromatic carboxylic acids is 1. The van der Waals surface area contributed by atoms with Crippen LogP contribution in [0.1, 0.15) is 23.7 Å². The Labute approximate surface area is 218 Å². The van der Waals surface area contributed by atoms with Crippen LogP contribution in [0.2, 0.25) is 10.2 Å². The first-order valence-electron chi connectivity index (χ1n) is 9.22. The van der Waals surface area contributed by atoms with E-state index in [1.807, 2.05) is 6.92 Å². The number of aromatic nitrogens is 3. The molecule has 0 spiro atoms. The number of rotatable bonds is 6. The topological polar surface area (TPSA) is 62.9 Å². The van der Waals surface area contributed by atoms with Crippen molar-refractivity contribution in [3.05, 3.63) is 70.1 Å². The monoisotopic (exact) mass is 503 g/mol. The number of aryl methyl sites for hydroxylation is 1. The van der Waals surface area contributed by atoms with Gasteiger partial charge < -0.3 is 9.90 Å². The number of nitrogens with zero attached hydrogens (tertiary/aromatic N) is 3. The predicted octanol–water partition coefficient (Wildman–Crippen LogP) is 2.34. The number of carboxylic acid groups (broad SMARTS) is 1. The first-order chi connectivity index (χ1) is 14.8. The molecule has 0 fully saturated rings. The summed E-state index contributed by atoms with van der Waals surface area (Å²) >= 11 is 13.6. The molecule has 5 nitrogen and oxygen atoms in total. The zero-order valence-electron chi connectivity index (χ0n) is 17.0. The minimum Gasteiger partial charge on any atom is -0.545 e. The SMILES string of the molecule is CCCn1cc(-n2c(Cl)c(Sc3cccc(C(=O)[O-])c3F)c3ccc(Cl)c(F)c32)cn1.[Na+]. The van der Waals surface area contributed by atoms with Gasteiger partial charge >= 0.3 is 29.6 Å². The average molecular weight is 504 g/mol. The van der Waals surface area contributed by atoms with Crippen LogP contribution in [0.25, 0.3) is 16.6 Å². The van der Waals surface area contributed by atoms with Gasteiger partial charge in [-0.3, -0.25) is 9.25 Å². The van der Waals surface area contributed by atoms with Crippen LogP contribution in [0.3, 0.4) is 0 Å². The van der Waals surface area contributed by atoms with E-state index in [1.54, 1.807) is 23.1 Å². The number of halogens is 4. The average Bonchev–Trinajstić information content (AvgIpc) is 3.29. The minimum atomic E-state index is -1.63. The third-order valence-corrected chi connectivity index (χ3v) is 6.56. The van der Waals surface area contributed by atoms with Crippen molar-refractivity contribution in [1.29, 1.82) is 0 Å². The molecule has 0 atom stereocenters. The van der Waals surface area contributed by atoms with Gasteiger partial charge in [0.1, 0.15) is 11.0 Å². The van der Waals surface area contributed by atoms with Crippen molar-refractivity contribution in [2.75, 3.05) is 0 Å². The summed E-state index contributed by atoms with van der Waals surface area (Å²) in [5, 5.41) is 15.9. The van der Waals surface area contributed by atoms with Crippen LogP contribution in [-0.4, -0.2) is 20.3 Å². The smallest absolute Gasteiger partial charge is 0.545 e. The van der Waals surface area contributed by atoms with Crippen molar-refractivity contribution >= 4 is 51.8 Å². The summed E-state index contributed by atoms with van der Waals surface area (Å²) < 4.78 is 32.9. The quantitative estimate of drug-likeness (QED) is 0.379. The summed E-state index contributed by atoms with van der Waals surface area (Å²) in [6.45, 7) is 2.67. The molecular weight excluding hydrogens is 490 g/mol. The molecule has 0 N–H and O–H groups in total. The second-order valence-electron chi connectivity index (χ2n) is 6.68. The Kier molecular flexibility index (Phi) is 7.96. The number of carboxylic acids is 1. The third kappa shape index (κ3) is 4.44. The number of hydrogen-bond acceptors (Lipinski definition) is 4. The van der Waals surface area contributed by atoms with Crippen LogP contribution in [0, 0.1) is 11.6 Å². The van der Waals surface area contributed by atoms with E-state index >= 15 is 4.39 Å². The summed E-state index contributed by atoms with van der Waals surface area (Å²) in [6.07, 6.45) is 4.13. The molecule has 160 valence electrons. The fourth-order valence-corrected chi connectivity index (χ4v) is 4.84. The Morgan fingerprint density at radius 2 is 1.94 bits per heavy atom. The number of benzene rings is 2. The van der Waals surface area contributed by atoms with Gasteiger partial charge in [0.2, 0.25) is 0 Å². The van der Waals surface area contributed by atoms with Gasteiger partial charge in [0.05, 0.1) is 33.3 Å². The molecule has 0 saturated carbocycles. The molecule has 0 bridgehead atoms. The molecule has 11 heteroatoms. The minimum absolute atomic E-state index is 0. The first-order valence-corrected chi connectivity index (χ1v) is 10.8. The van der Waals surface area contributed by atoms with E-state index in [0.29, 0.717) is 22.5 Å². The molecule has 2 aromatic carbocycles. The molecule has 0 saturated heterocycles. The molecular formula is C21H14Cl2F2N3NaO2S. The maximum atomic E-state index is 15.1. The van der Waals surface area contributed by atoms with Crippen molar-refractivity contribution in [3.8, 4) is 5.69 Å². The van der Waals surface area contributed by atoms with Gasteiger partial charge in [-0.15, -0.1) is 0 Å². The van der Waals surface area contributed by atoms with Crippen molar-refractivity contribution in [2.45, 2.75) is 29.7 Å². The van der Waals surface area contributed by atoms with Crippen molar-refractivity contribution in [3.63, 3.8) is 0 Å². The van der Waals surface area contributed by atoms with Gasteiger partial charge in [-0.05, 0) is 24.6 Å². The number of carbonyl (C=O) groups is 1. The molecule has 0 amide bonds. The van der Waals surface area contributed by atoms with Crippen LogP contribution >= 0.6 is 35.0 Å². The number of carbonyl (C=O) groups excluding carboxylic acids is 1. The summed E-state index contributed by atoms with van der Waals surface area (Å²) in [4.78, 5) is 11.5. The van der Waals surface area contributed by atoms with Gasteiger partial charge in [0.15, 0.2) is 5.82 Å². The van der Waals surface area contributed by atoms with Crippen molar-refractivity contribution in [1.82, 2.24) is 14.3 Å². The molecule has 4 aromatic rings. The molecule has 2 heterocycles. The van der Waals surface area contributed by atoms with E-state index in [1.165, 1.54) is 22.8 Å².